The molecule has 1 aliphatic rings. The van der Waals surface area contributed by atoms with Crippen LogP contribution in [0.15, 0.2) is 24.3 Å². The van der Waals surface area contributed by atoms with Gasteiger partial charge in [-0.3, -0.25) is 9.69 Å². The van der Waals surface area contributed by atoms with Gasteiger partial charge in [0.2, 0.25) is 5.91 Å². The van der Waals surface area contributed by atoms with Crippen molar-refractivity contribution in [2.45, 2.75) is 51.6 Å². The Morgan fingerprint density at radius 3 is 2.60 bits per heavy atom. The number of nitrogens with zero attached hydrogens (tertiary/aromatic N) is 1. The monoisotopic (exact) mass is 347 g/mol. The van der Waals surface area contributed by atoms with E-state index in [1.54, 1.807) is 7.11 Å². The minimum absolute atomic E-state index is 0.0637. The Labute approximate surface area is 151 Å². The molecule has 0 radical (unpaired) electrons. The Morgan fingerprint density at radius 1 is 1.28 bits per heavy atom. The molecule has 0 spiro atoms. The number of para-hydroxylation sites is 1. The summed E-state index contributed by atoms with van der Waals surface area (Å²) in [5.41, 5.74) is 7.21. The highest BCUT2D eigenvalue weighted by Crippen LogP contribution is 2.30. The lowest BCUT2D eigenvalue weighted by Gasteiger charge is -2.36. The molecule has 5 heteroatoms. The molecule has 0 bridgehead atoms. The number of carbonyl (C=O) groups excluding carboxylic acids is 1. The fourth-order valence-corrected chi connectivity index (χ4v) is 3.43. The number of rotatable bonds is 8. The maximum atomic E-state index is 12.4. The number of carbonyl (C=O) groups is 1. The van der Waals surface area contributed by atoms with Gasteiger partial charge in [0.15, 0.2) is 0 Å². The van der Waals surface area contributed by atoms with Crippen LogP contribution in [0.4, 0.5) is 0 Å². The van der Waals surface area contributed by atoms with Gasteiger partial charge < -0.3 is 15.8 Å². The average molecular weight is 348 g/mol. The Hall–Kier alpha value is -1.59. The first-order chi connectivity index (χ1) is 12.1. The van der Waals surface area contributed by atoms with Crippen LogP contribution in [0.5, 0.6) is 5.75 Å². The zero-order valence-corrected chi connectivity index (χ0v) is 15.8. The van der Waals surface area contributed by atoms with E-state index in [1.807, 2.05) is 25.1 Å². The highest BCUT2D eigenvalue weighted by molar-refractivity contribution is 5.81. The van der Waals surface area contributed by atoms with Gasteiger partial charge in [-0.1, -0.05) is 44.9 Å². The number of ether oxygens (including phenoxy) is 1. The number of likely N-dealkylation sites (tertiary alicyclic amines) is 1. The van der Waals surface area contributed by atoms with Gasteiger partial charge in [0, 0.05) is 12.1 Å². The molecule has 5 nitrogen and oxygen atoms in total. The van der Waals surface area contributed by atoms with Crippen molar-refractivity contribution in [1.82, 2.24) is 10.2 Å². The summed E-state index contributed by atoms with van der Waals surface area (Å²) in [5.74, 6) is 0.990. The van der Waals surface area contributed by atoms with Crippen molar-refractivity contribution in [1.29, 1.82) is 0 Å². The second kappa shape index (κ2) is 9.78. The van der Waals surface area contributed by atoms with Gasteiger partial charge in [0.25, 0.3) is 0 Å². The molecule has 3 unspecified atom stereocenters. The fraction of sp³-hybridized carbons (Fsp3) is 0.650. The Bertz CT molecular complexity index is 543. The summed E-state index contributed by atoms with van der Waals surface area (Å²) >= 11 is 0. The standard InChI is InChI=1S/C20H33N3O2/c1-4-15(2)19(21)20(24)22-14-17(23-12-8-5-9-13-23)16-10-6-7-11-18(16)25-3/h6-7,10-11,15,17,19H,4-5,8-9,12-14,21H2,1-3H3,(H,22,24). The average Bonchev–Trinajstić information content (AvgIpc) is 2.67. The van der Waals surface area contributed by atoms with Crippen molar-refractivity contribution >= 4 is 5.91 Å². The predicted molar refractivity (Wildman–Crippen MR) is 102 cm³/mol. The van der Waals surface area contributed by atoms with Crippen molar-refractivity contribution in [3.63, 3.8) is 0 Å². The fourth-order valence-electron chi connectivity index (χ4n) is 3.43. The van der Waals surface area contributed by atoms with E-state index in [1.165, 1.54) is 19.3 Å². The Morgan fingerprint density at radius 2 is 1.96 bits per heavy atom. The highest BCUT2D eigenvalue weighted by atomic mass is 16.5. The lowest BCUT2D eigenvalue weighted by atomic mass is 9.98. The molecule has 1 saturated heterocycles. The molecule has 140 valence electrons. The largest absolute Gasteiger partial charge is 0.496 e. The second-order valence-electron chi connectivity index (χ2n) is 7.01. The molecule has 1 aromatic rings. The minimum Gasteiger partial charge on any atom is -0.496 e. The van der Waals surface area contributed by atoms with E-state index in [-0.39, 0.29) is 17.9 Å². The smallest absolute Gasteiger partial charge is 0.237 e. The van der Waals surface area contributed by atoms with Crippen LogP contribution >= 0.6 is 0 Å². The van der Waals surface area contributed by atoms with Crippen LogP contribution in [-0.4, -0.2) is 43.6 Å². The maximum absolute atomic E-state index is 12.4. The third-order valence-electron chi connectivity index (χ3n) is 5.36. The van der Waals surface area contributed by atoms with E-state index in [0.717, 1.165) is 30.8 Å². The number of amides is 1. The van der Waals surface area contributed by atoms with E-state index in [2.05, 4.69) is 23.2 Å². The van der Waals surface area contributed by atoms with Crippen LogP contribution in [0.2, 0.25) is 0 Å². The summed E-state index contributed by atoms with van der Waals surface area (Å²) in [4.78, 5) is 14.9. The Balaban J connectivity index is 2.13. The number of nitrogens with two attached hydrogens (primary N) is 1. The highest BCUT2D eigenvalue weighted by Gasteiger charge is 2.27. The minimum atomic E-state index is -0.454. The van der Waals surface area contributed by atoms with Crippen LogP contribution in [0.25, 0.3) is 0 Å². The molecule has 1 fully saturated rings. The molecular weight excluding hydrogens is 314 g/mol. The topological polar surface area (TPSA) is 67.6 Å². The van der Waals surface area contributed by atoms with E-state index < -0.39 is 6.04 Å². The first kappa shape index (κ1) is 19.7. The zero-order valence-electron chi connectivity index (χ0n) is 15.8. The molecule has 2 rings (SSSR count). The van der Waals surface area contributed by atoms with E-state index >= 15 is 0 Å². The molecule has 3 atom stereocenters. The van der Waals surface area contributed by atoms with Gasteiger partial charge in [-0.15, -0.1) is 0 Å². The molecular formula is C20H33N3O2. The quantitative estimate of drug-likeness (QED) is 0.759. The number of nitrogens with one attached hydrogen (secondary N) is 1. The maximum Gasteiger partial charge on any atom is 0.237 e. The van der Waals surface area contributed by atoms with Gasteiger partial charge in [0.05, 0.1) is 19.2 Å². The normalized spacial score (nSPS) is 19.0. The molecule has 0 aromatic heterocycles. The van der Waals surface area contributed by atoms with Gasteiger partial charge >= 0.3 is 0 Å². The van der Waals surface area contributed by atoms with E-state index in [4.69, 9.17) is 10.5 Å². The van der Waals surface area contributed by atoms with Crippen LogP contribution in [-0.2, 0) is 4.79 Å². The van der Waals surface area contributed by atoms with E-state index in [9.17, 15) is 4.79 Å². The molecule has 0 saturated carbocycles. The third kappa shape index (κ3) is 5.19. The summed E-state index contributed by atoms with van der Waals surface area (Å²) in [6.45, 7) is 6.74. The number of piperidine rings is 1. The van der Waals surface area contributed by atoms with Crippen molar-refractivity contribution in [3.05, 3.63) is 29.8 Å². The molecule has 1 amide bonds. The summed E-state index contributed by atoms with van der Waals surface area (Å²) in [6, 6.07) is 7.75. The lowest BCUT2D eigenvalue weighted by molar-refractivity contribution is -0.123. The predicted octanol–water partition coefficient (Wildman–Crippen LogP) is 2.71. The van der Waals surface area contributed by atoms with Crippen molar-refractivity contribution < 1.29 is 9.53 Å². The van der Waals surface area contributed by atoms with Crippen LogP contribution in [0.1, 0.15) is 51.1 Å². The number of hydrogen-bond donors (Lipinski definition) is 2. The first-order valence-electron chi connectivity index (χ1n) is 9.48. The number of benzene rings is 1. The molecule has 1 heterocycles. The first-order valence-corrected chi connectivity index (χ1v) is 9.48. The summed E-state index contributed by atoms with van der Waals surface area (Å²) in [5, 5.41) is 3.08. The van der Waals surface area contributed by atoms with Crippen molar-refractivity contribution in [2.24, 2.45) is 11.7 Å². The molecule has 25 heavy (non-hydrogen) atoms. The van der Waals surface area contributed by atoms with Crippen molar-refractivity contribution in [3.8, 4) is 5.75 Å². The summed E-state index contributed by atoms with van der Waals surface area (Å²) in [6.07, 6.45) is 4.58. The third-order valence-corrected chi connectivity index (χ3v) is 5.36. The summed E-state index contributed by atoms with van der Waals surface area (Å²) in [7, 11) is 1.70. The molecule has 0 aliphatic carbocycles. The number of hydrogen-bond acceptors (Lipinski definition) is 4. The van der Waals surface area contributed by atoms with Crippen LogP contribution in [0, 0.1) is 5.92 Å². The van der Waals surface area contributed by atoms with Crippen LogP contribution in [0.3, 0.4) is 0 Å². The zero-order chi connectivity index (χ0) is 18.2. The van der Waals surface area contributed by atoms with E-state index in [0.29, 0.717) is 6.54 Å². The lowest BCUT2D eigenvalue weighted by Crippen LogP contribution is -2.48. The Kier molecular flexibility index (Phi) is 7.72. The second-order valence-corrected chi connectivity index (χ2v) is 7.01. The number of methoxy groups -OCH3 is 1. The SMILES string of the molecule is CCC(C)C(N)C(=O)NCC(c1ccccc1OC)N1CCCCC1. The van der Waals surface area contributed by atoms with Gasteiger partial charge in [0.1, 0.15) is 5.75 Å². The van der Waals surface area contributed by atoms with Gasteiger partial charge in [-0.2, -0.15) is 0 Å². The molecule has 1 aliphatic heterocycles. The molecule has 3 N–H and O–H groups in total. The van der Waals surface area contributed by atoms with Crippen molar-refractivity contribution in [2.75, 3.05) is 26.7 Å². The van der Waals surface area contributed by atoms with Gasteiger partial charge in [-0.25, -0.2) is 0 Å². The van der Waals surface area contributed by atoms with Gasteiger partial charge in [-0.05, 0) is 37.9 Å². The molecule has 1 aromatic carbocycles. The summed E-state index contributed by atoms with van der Waals surface area (Å²) < 4.78 is 5.56. The van der Waals surface area contributed by atoms with Crippen LogP contribution < -0.4 is 15.8 Å².